The Kier molecular flexibility index (Phi) is 7.73. The summed E-state index contributed by atoms with van der Waals surface area (Å²) in [4.78, 5) is 4.31. The number of hydrogen-bond donors (Lipinski definition) is 0. The Morgan fingerprint density at radius 1 is 1.12 bits per heavy atom. The minimum Gasteiger partial charge on any atom is -0.493 e. The van der Waals surface area contributed by atoms with Crippen molar-refractivity contribution in [3.63, 3.8) is 0 Å². The van der Waals surface area contributed by atoms with Crippen molar-refractivity contribution in [3.05, 3.63) is 82.6 Å². The van der Waals surface area contributed by atoms with Crippen LogP contribution >= 0.6 is 11.6 Å². The van der Waals surface area contributed by atoms with Crippen LogP contribution in [0.5, 0.6) is 11.5 Å². The average Bonchev–Trinajstić information content (AvgIpc) is 3.35. The molecular weight excluding hydrogens is 476 g/mol. The molecule has 0 radical (unpaired) electrons. The molecule has 1 aliphatic heterocycles. The third-order valence-corrected chi connectivity index (χ3v) is 8.03. The number of rotatable bonds is 9. The van der Waals surface area contributed by atoms with Crippen molar-refractivity contribution in [1.29, 1.82) is 0 Å². The van der Waals surface area contributed by atoms with Gasteiger partial charge in [0.15, 0.2) is 11.5 Å². The molecule has 3 aromatic rings. The van der Waals surface area contributed by atoms with Crippen molar-refractivity contribution in [3.8, 4) is 11.5 Å². The lowest BCUT2D eigenvalue weighted by Crippen LogP contribution is -2.31. The number of sulfonamides is 1. The van der Waals surface area contributed by atoms with E-state index in [4.69, 9.17) is 25.8 Å². The molecule has 180 valence electrons. The monoisotopic (exact) mass is 502 g/mol. The van der Waals surface area contributed by atoms with Gasteiger partial charge in [-0.15, -0.1) is 0 Å². The van der Waals surface area contributed by atoms with Crippen molar-refractivity contribution in [1.82, 2.24) is 9.29 Å². The van der Waals surface area contributed by atoms with E-state index in [0.29, 0.717) is 35.3 Å². The molecule has 34 heavy (non-hydrogen) atoms. The lowest BCUT2D eigenvalue weighted by Gasteiger charge is -2.24. The highest BCUT2D eigenvalue weighted by Gasteiger charge is 2.28. The molecule has 0 spiro atoms. The maximum absolute atomic E-state index is 13.7. The molecule has 1 saturated heterocycles. The van der Waals surface area contributed by atoms with Crippen LogP contribution < -0.4 is 9.47 Å². The molecule has 0 aliphatic carbocycles. The molecule has 2 heterocycles. The van der Waals surface area contributed by atoms with Crippen molar-refractivity contribution >= 4 is 21.6 Å². The van der Waals surface area contributed by atoms with Crippen LogP contribution in [0.15, 0.2) is 65.8 Å². The first-order chi connectivity index (χ1) is 16.4. The molecule has 7 nitrogen and oxygen atoms in total. The first-order valence-corrected chi connectivity index (χ1v) is 12.8. The van der Waals surface area contributed by atoms with Gasteiger partial charge in [0.2, 0.25) is 10.0 Å². The lowest BCUT2D eigenvalue weighted by atomic mass is 10.2. The summed E-state index contributed by atoms with van der Waals surface area (Å²) in [6.07, 6.45) is 4.12. The molecule has 1 aliphatic rings. The zero-order chi connectivity index (χ0) is 24.1. The van der Waals surface area contributed by atoms with Crippen LogP contribution in [0.25, 0.3) is 0 Å². The first kappa shape index (κ1) is 24.5. The molecule has 0 saturated carbocycles. The third-order valence-electron chi connectivity index (χ3n) is 5.69. The highest BCUT2D eigenvalue weighted by atomic mass is 35.5. The number of pyridine rings is 1. The fraction of sp³-hybridized carbons (Fsp3) is 0.320. The highest BCUT2D eigenvalue weighted by molar-refractivity contribution is 7.89. The fourth-order valence-electron chi connectivity index (χ4n) is 3.82. The van der Waals surface area contributed by atoms with Crippen LogP contribution in [-0.4, -0.2) is 44.1 Å². The van der Waals surface area contributed by atoms with Crippen LogP contribution in [0.2, 0.25) is 5.02 Å². The number of aromatic nitrogens is 1. The molecule has 1 unspecified atom stereocenters. The lowest BCUT2D eigenvalue weighted by molar-refractivity contribution is 0.138. The first-order valence-electron chi connectivity index (χ1n) is 10.9. The number of nitrogens with zero attached hydrogens (tertiary/aromatic N) is 2. The Labute approximate surface area is 205 Å². The summed E-state index contributed by atoms with van der Waals surface area (Å²) in [5.74, 6) is 1.15. The van der Waals surface area contributed by atoms with E-state index in [0.717, 1.165) is 17.5 Å². The van der Waals surface area contributed by atoms with E-state index in [-0.39, 0.29) is 24.1 Å². The van der Waals surface area contributed by atoms with Crippen molar-refractivity contribution < 1.29 is 22.6 Å². The SMILES string of the molecule is COc1cc(CN(Cc2cccnc2)S(=O)(=O)c2cccc(Cl)c2C)ccc1OC1CCOC1. The van der Waals surface area contributed by atoms with Gasteiger partial charge in [0.1, 0.15) is 6.10 Å². The summed E-state index contributed by atoms with van der Waals surface area (Å²) in [5, 5.41) is 0.404. The number of methoxy groups -OCH3 is 1. The predicted molar refractivity (Wildman–Crippen MR) is 130 cm³/mol. The molecule has 2 aromatic carbocycles. The van der Waals surface area contributed by atoms with Crippen molar-refractivity contribution in [2.45, 2.75) is 37.4 Å². The maximum Gasteiger partial charge on any atom is 0.243 e. The van der Waals surface area contributed by atoms with Gasteiger partial charge in [-0.25, -0.2) is 8.42 Å². The minimum atomic E-state index is -3.87. The fourth-order valence-corrected chi connectivity index (χ4v) is 5.72. The van der Waals surface area contributed by atoms with Gasteiger partial charge in [0.05, 0.1) is 25.2 Å². The highest BCUT2D eigenvalue weighted by Crippen LogP contribution is 2.32. The van der Waals surface area contributed by atoms with E-state index < -0.39 is 10.0 Å². The van der Waals surface area contributed by atoms with Crippen LogP contribution in [-0.2, 0) is 27.8 Å². The van der Waals surface area contributed by atoms with Crippen molar-refractivity contribution in [2.24, 2.45) is 0 Å². The number of ether oxygens (including phenoxy) is 3. The summed E-state index contributed by atoms with van der Waals surface area (Å²) in [5.41, 5.74) is 2.05. The standard InChI is InChI=1S/C25H27ClN2O5S/c1-18-22(26)6-3-7-25(18)34(29,30)28(16-20-5-4-11-27-14-20)15-19-8-9-23(24(13-19)31-2)33-21-10-12-32-17-21/h3-9,11,13-14,21H,10,12,15-17H2,1-2H3. The van der Waals surface area contributed by atoms with Gasteiger partial charge in [0.25, 0.3) is 0 Å². The van der Waals surface area contributed by atoms with Crippen LogP contribution in [0, 0.1) is 6.92 Å². The second-order valence-corrected chi connectivity index (χ2v) is 10.4. The molecule has 0 N–H and O–H groups in total. The summed E-state index contributed by atoms with van der Waals surface area (Å²) in [6, 6.07) is 14.0. The van der Waals surface area contributed by atoms with E-state index in [9.17, 15) is 8.42 Å². The van der Waals surface area contributed by atoms with Gasteiger partial charge in [-0.05, 0) is 53.9 Å². The van der Waals surface area contributed by atoms with E-state index in [1.165, 1.54) is 4.31 Å². The van der Waals surface area contributed by atoms with Gasteiger partial charge in [-0.3, -0.25) is 4.98 Å². The third kappa shape index (κ3) is 5.52. The normalized spacial score (nSPS) is 16.1. The molecule has 1 atom stereocenters. The number of benzene rings is 2. The summed E-state index contributed by atoms with van der Waals surface area (Å²) in [7, 11) is -2.30. The largest absolute Gasteiger partial charge is 0.493 e. The Morgan fingerprint density at radius 3 is 2.65 bits per heavy atom. The van der Waals surface area contributed by atoms with Crippen LogP contribution in [0.4, 0.5) is 0 Å². The van der Waals surface area contributed by atoms with E-state index >= 15 is 0 Å². The van der Waals surface area contributed by atoms with Gasteiger partial charge in [-0.2, -0.15) is 4.31 Å². The summed E-state index contributed by atoms with van der Waals surface area (Å²) < 4.78 is 45.8. The van der Waals surface area contributed by atoms with E-state index in [1.807, 2.05) is 24.3 Å². The molecular formula is C25H27ClN2O5S. The zero-order valence-corrected chi connectivity index (χ0v) is 20.7. The Bertz CT molecular complexity index is 1230. The maximum atomic E-state index is 13.7. The summed E-state index contributed by atoms with van der Waals surface area (Å²) >= 11 is 6.24. The second-order valence-electron chi connectivity index (χ2n) is 8.09. The topological polar surface area (TPSA) is 78.0 Å². The smallest absolute Gasteiger partial charge is 0.243 e. The van der Waals surface area contributed by atoms with Gasteiger partial charge in [-0.1, -0.05) is 29.8 Å². The molecule has 1 aromatic heterocycles. The molecule has 0 bridgehead atoms. The Morgan fingerprint density at radius 2 is 1.94 bits per heavy atom. The van der Waals surface area contributed by atoms with Crippen LogP contribution in [0.3, 0.4) is 0 Å². The van der Waals surface area contributed by atoms with Crippen molar-refractivity contribution in [2.75, 3.05) is 20.3 Å². The molecule has 4 rings (SSSR count). The quantitative estimate of drug-likeness (QED) is 0.425. The molecule has 9 heteroatoms. The van der Waals surface area contributed by atoms with E-state index in [2.05, 4.69) is 4.98 Å². The minimum absolute atomic E-state index is 0.0204. The zero-order valence-electron chi connectivity index (χ0n) is 19.1. The Hall–Kier alpha value is -2.65. The van der Waals surface area contributed by atoms with Gasteiger partial charge < -0.3 is 14.2 Å². The molecule has 1 fully saturated rings. The van der Waals surface area contributed by atoms with E-state index in [1.54, 1.807) is 50.7 Å². The molecule has 0 amide bonds. The second kappa shape index (κ2) is 10.7. The Balaban J connectivity index is 1.66. The number of halogens is 1. The van der Waals surface area contributed by atoms with Crippen LogP contribution in [0.1, 0.15) is 23.1 Å². The average molecular weight is 503 g/mol. The number of hydrogen-bond acceptors (Lipinski definition) is 6. The predicted octanol–water partition coefficient (Wildman–Crippen LogP) is 4.61. The van der Waals surface area contributed by atoms with Gasteiger partial charge >= 0.3 is 0 Å². The summed E-state index contributed by atoms with van der Waals surface area (Å²) in [6.45, 7) is 3.21. The van der Waals surface area contributed by atoms with Gasteiger partial charge in [0, 0.05) is 36.9 Å².